The van der Waals surface area contributed by atoms with E-state index in [1.54, 1.807) is 11.3 Å². The lowest BCUT2D eigenvalue weighted by Crippen LogP contribution is -1.81. The van der Waals surface area contributed by atoms with E-state index in [2.05, 4.69) is 0 Å². The van der Waals surface area contributed by atoms with Gasteiger partial charge in [-0.3, -0.25) is 4.79 Å². The summed E-state index contributed by atoms with van der Waals surface area (Å²) >= 11 is 1.61. The van der Waals surface area contributed by atoms with E-state index in [9.17, 15) is 4.79 Å². The molecule has 0 saturated carbocycles. The van der Waals surface area contributed by atoms with Crippen molar-refractivity contribution in [2.24, 2.45) is 0 Å². The zero-order valence-corrected chi connectivity index (χ0v) is 9.83. The Balaban J connectivity index is 2.27. The van der Waals surface area contributed by atoms with Crippen LogP contribution in [0.15, 0.2) is 35.7 Å². The molecule has 16 heavy (non-hydrogen) atoms. The first-order valence-electron chi connectivity index (χ1n) is 5.07. The fourth-order valence-electron chi connectivity index (χ4n) is 1.51. The van der Waals surface area contributed by atoms with Crippen LogP contribution in [0, 0.1) is 6.92 Å². The van der Waals surface area contributed by atoms with Crippen LogP contribution in [0.5, 0.6) is 0 Å². The van der Waals surface area contributed by atoms with Crippen molar-refractivity contribution in [2.45, 2.75) is 6.92 Å². The zero-order valence-electron chi connectivity index (χ0n) is 9.01. The van der Waals surface area contributed by atoms with E-state index in [-0.39, 0.29) is 0 Å². The lowest BCUT2D eigenvalue weighted by atomic mass is 10.1. The van der Waals surface area contributed by atoms with Gasteiger partial charge in [-0.2, -0.15) is 0 Å². The normalized spacial score (nSPS) is 10.8. The first kappa shape index (κ1) is 10.8. The van der Waals surface area contributed by atoms with Crippen LogP contribution in [0.25, 0.3) is 12.2 Å². The van der Waals surface area contributed by atoms with Gasteiger partial charge in [-0.05, 0) is 23.4 Å². The molecule has 2 aromatic rings. The quantitative estimate of drug-likeness (QED) is 0.725. The third kappa shape index (κ3) is 2.28. The standard InChI is InChI=1S/C14H12OS/c1-11-14(9-15)13(10-16-11)8-7-12-5-3-2-4-6-12/h2-10H,1H3. The summed E-state index contributed by atoms with van der Waals surface area (Å²) < 4.78 is 0. The molecule has 0 aliphatic carbocycles. The van der Waals surface area contributed by atoms with Gasteiger partial charge in [0, 0.05) is 10.4 Å². The van der Waals surface area contributed by atoms with Crippen LogP contribution < -0.4 is 0 Å². The van der Waals surface area contributed by atoms with Gasteiger partial charge >= 0.3 is 0 Å². The Hall–Kier alpha value is -1.67. The Labute approximate surface area is 99.1 Å². The van der Waals surface area contributed by atoms with Gasteiger partial charge in [0.2, 0.25) is 0 Å². The van der Waals surface area contributed by atoms with Gasteiger partial charge in [0.1, 0.15) is 0 Å². The molecule has 2 rings (SSSR count). The fraction of sp³-hybridized carbons (Fsp3) is 0.0714. The number of carbonyl (C=O) groups excluding carboxylic acids is 1. The molecule has 1 aromatic heterocycles. The maximum atomic E-state index is 10.9. The minimum Gasteiger partial charge on any atom is -0.298 e. The molecule has 80 valence electrons. The van der Waals surface area contributed by atoms with Crippen molar-refractivity contribution in [2.75, 3.05) is 0 Å². The van der Waals surface area contributed by atoms with Gasteiger partial charge in [-0.15, -0.1) is 11.3 Å². The van der Waals surface area contributed by atoms with Crippen LogP contribution in [0.3, 0.4) is 0 Å². The van der Waals surface area contributed by atoms with E-state index in [1.165, 1.54) is 0 Å². The zero-order chi connectivity index (χ0) is 11.4. The molecule has 0 saturated heterocycles. The predicted octanol–water partition coefficient (Wildman–Crippen LogP) is 4.04. The summed E-state index contributed by atoms with van der Waals surface area (Å²) in [5.74, 6) is 0. The molecule has 1 nitrogen and oxygen atoms in total. The maximum Gasteiger partial charge on any atom is 0.151 e. The van der Waals surface area contributed by atoms with Crippen LogP contribution in [0.2, 0.25) is 0 Å². The molecule has 2 heteroatoms. The topological polar surface area (TPSA) is 17.1 Å². The van der Waals surface area contributed by atoms with Crippen molar-refractivity contribution in [3.8, 4) is 0 Å². The molecule has 1 heterocycles. The monoisotopic (exact) mass is 228 g/mol. The van der Waals surface area contributed by atoms with Crippen molar-refractivity contribution < 1.29 is 4.79 Å². The minimum absolute atomic E-state index is 0.803. The number of aryl methyl sites for hydroxylation is 1. The number of carbonyl (C=O) groups is 1. The highest BCUT2D eigenvalue weighted by Crippen LogP contribution is 2.21. The molecule has 0 aliphatic heterocycles. The molecule has 1 aromatic carbocycles. The summed E-state index contributed by atoms with van der Waals surface area (Å²) in [4.78, 5) is 12.0. The smallest absolute Gasteiger partial charge is 0.151 e. The molecule has 0 aliphatic rings. The fourth-order valence-corrected chi connectivity index (χ4v) is 2.31. The van der Waals surface area contributed by atoms with Crippen molar-refractivity contribution in [3.05, 3.63) is 57.3 Å². The van der Waals surface area contributed by atoms with Gasteiger partial charge in [0.15, 0.2) is 6.29 Å². The van der Waals surface area contributed by atoms with Crippen molar-refractivity contribution in [1.29, 1.82) is 0 Å². The highest BCUT2D eigenvalue weighted by molar-refractivity contribution is 7.10. The number of hydrogen-bond donors (Lipinski definition) is 0. The molecule has 0 unspecified atom stereocenters. The van der Waals surface area contributed by atoms with E-state index in [4.69, 9.17) is 0 Å². The molecule has 0 bridgehead atoms. The SMILES string of the molecule is Cc1scc(C=Cc2ccccc2)c1C=O. The van der Waals surface area contributed by atoms with Gasteiger partial charge in [-0.1, -0.05) is 42.5 Å². The second-order valence-corrected chi connectivity index (χ2v) is 4.61. The van der Waals surface area contributed by atoms with E-state index in [1.807, 2.05) is 54.8 Å². The van der Waals surface area contributed by atoms with E-state index < -0.39 is 0 Å². The number of hydrogen-bond acceptors (Lipinski definition) is 2. The van der Waals surface area contributed by atoms with E-state index >= 15 is 0 Å². The maximum absolute atomic E-state index is 10.9. The molecule has 0 atom stereocenters. The Morgan fingerprint density at radius 1 is 1.12 bits per heavy atom. The van der Waals surface area contributed by atoms with Crippen LogP contribution >= 0.6 is 11.3 Å². The second-order valence-electron chi connectivity index (χ2n) is 3.52. The molecule has 0 N–H and O–H groups in total. The summed E-state index contributed by atoms with van der Waals surface area (Å²) in [6.45, 7) is 1.97. The third-order valence-corrected chi connectivity index (χ3v) is 3.37. The average molecular weight is 228 g/mol. The molecule has 0 radical (unpaired) electrons. The van der Waals surface area contributed by atoms with Gasteiger partial charge in [-0.25, -0.2) is 0 Å². The van der Waals surface area contributed by atoms with Crippen LogP contribution in [0.4, 0.5) is 0 Å². The number of aldehydes is 1. The lowest BCUT2D eigenvalue weighted by molar-refractivity contribution is 0.112. The Kier molecular flexibility index (Phi) is 3.32. The average Bonchev–Trinajstić information content (AvgIpc) is 2.68. The molecule has 0 amide bonds. The van der Waals surface area contributed by atoms with Crippen LogP contribution in [0.1, 0.15) is 26.4 Å². The van der Waals surface area contributed by atoms with E-state index in [0.29, 0.717) is 0 Å². The summed E-state index contributed by atoms with van der Waals surface area (Å²) in [5, 5.41) is 2.01. The third-order valence-electron chi connectivity index (χ3n) is 2.43. The summed E-state index contributed by atoms with van der Waals surface area (Å²) in [6.07, 6.45) is 4.94. The first-order chi connectivity index (χ1) is 7.81. The number of benzene rings is 1. The molecule has 0 spiro atoms. The van der Waals surface area contributed by atoms with Gasteiger partial charge in [0.05, 0.1) is 0 Å². The highest BCUT2D eigenvalue weighted by atomic mass is 32.1. The Morgan fingerprint density at radius 2 is 1.88 bits per heavy atom. The Bertz CT molecular complexity index is 509. The second kappa shape index (κ2) is 4.90. The van der Waals surface area contributed by atoms with E-state index in [0.717, 1.165) is 27.9 Å². The van der Waals surface area contributed by atoms with Gasteiger partial charge < -0.3 is 0 Å². The summed E-state index contributed by atoms with van der Waals surface area (Å²) in [6, 6.07) is 10.1. The van der Waals surface area contributed by atoms with Crippen LogP contribution in [-0.4, -0.2) is 6.29 Å². The van der Waals surface area contributed by atoms with Crippen molar-refractivity contribution in [3.63, 3.8) is 0 Å². The van der Waals surface area contributed by atoms with Crippen molar-refractivity contribution in [1.82, 2.24) is 0 Å². The highest BCUT2D eigenvalue weighted by Gasteiger charge is 2.03. The van der Waals surface area contributed by atoms with Crippen LogP contribution in [-0.2, 0) is 0 Å². The molecular formula is C14H12OS. The largest absolute Gasteiger partial charge is 0.298 e. The van der Waals surface area contributed by atoms with Gasteiger partial charge in [0.25, 0.3) is 0 Å². The summed E-state index contributed by atoms with van der Waals surface area (Å²) in [7, 11) is 0. The molecular weight excluding hydrogens is 216 g/mol. The lowest BCUT2D eigenvalue weighted by Gasteiger charge is -1.93. The number of thiophene rings is 1. The first-order valence-corrected chi connectivity index (χ1v) is 5.95. The van der Waals surface area contributed by atoms with Crippen molar-refractivity contribution >= 4 is 29.8 Å². The minimum atomic E-state index is 0.803. The number of rotatable bonds is 3. The predicted molar refractivity (Wildman–Crippen MR) is 69.8 cm³/mol. The Morgan fingerprint density at radius 3 is 2.56 bits per heavy atom. The summed E-state index contributed by atoms with van der Waals surface area (Å²) in [5.41, 5.74) is 2.95. The molecule has 0 fully saturated rings.